The number of aromatic nitrogens is 2. The van der Waals surface area contributed by atoms with Crippen LogP contribution in [-0.2, 0) is 0 Å². The zero-order valence-corrected chi connectivity index (χ0v) is 14.4. The molecule has 120 valence electrons. The molecule has 1 atom stereocenters. The Kier molecular flexibility index (Phi) is 4.47. The van der Waals surface area contributed by atoms with Crippen LogP contribution in [0.4, 0.5) is 0 Å². The third-order valence-corrected chi connectivity index (χ3v) is 4.17. The molecule has 2 heterocycles. The van der Waals surface area contributed by atoms with Crippen LogP contribution in [0.1, 0.15) is 34.8 Å². The van der Waals surface area contributed by atoms with Crippen LogP contribution in [0.15, 0.2) is 28.9 Å². The highest BCUT2D eigenvalue weighted by atomic mass is 79.9. The van der Waals surface area contributed by atoms with Crippen LogP contribution < -0.4 is 14.8 Å². The number of ether oxygens (including phenoxy) is 2. The number of nitrogens with zero attached hydrogens (tertiary/aromatic N) is 2. The van der Waals surface area contributed by atoms with E-state index in [9.17, 15) is 4.79 Å². The zero-order valence-electron chi connectivity index (χ0n) is 12.8. The molecule has 1 amide bonds. The lowest BCUT2D eigenvalue weighted by Gasteiger charge is -2.22. The van der Waals surface area contributed by atoms with E-state index in [2.05, 4.69) is 31.2 Å². The lowest BCUT2D eigenvalue weighted by Crippen LogP contribution is -2.28. The number of amides is 1. The smallest absolute Gasteiger partial charge is 0.270 e. The van der Waals surface area contributed by atoms with Crippen molar-refractivity contribution in [3.8, 4) is 11.5 Å². The summed E-state index contributed by atoms with van der Waals surface area (Å²) in [5, 5.41) is 2.93. The predicted octanol–water partition coefficient (Wildman–Crippen LogP) is 2.81. The molecule has 6 nitrogen and oxygen atoms in total. The first-order valence-corrected chi connectivity index (χ1v) is 8.03. The van der Waals surface area contributed by atoms with E-state index < -0.39 is 0 Å². The summed E-state index contributed by atoms with van der Waals surface area (Å²) in [4.78, 5) is 20.4. The molecule has 2 aromatic rings. The maximum Gasteiger partial charge on any atom is 0.270 e. The highest BCUT2D eigenvalue weighted by Crippen LogP contribution is 2.37. The fourth-order valence-electron chi connectivity index (χ4n) is 2.34. The highest BCUT2D eigenvalue weighted by Gasteiger charge is 2.20. The van der Waals surface area contributed by atoms with Crippen molar-refractivity contribution in [2.45, 2.75) is 19.9 Å². The van der Waals surface area contributed by atoms with Crippen LogP contribution in [0.25, 0.3) is 0 Å². The summed E-state index contributed by atoms with van der Waals surface area (Å²) in [5.41, 5.74) is 1.26. The summed E-state index contributed by atoms with van der Waals surface area (Å²) in [5.74, 6) is 1.71. The second-order valence-corrected chi connectivity index (χ2v) is 6.06. The van der Waals surface area contributed by atoms with Gasteiger partial charge < -0.3 is 14.8 Å². The van der Waals surface area contributed by atoms with Crippen molar-refractivity contribution in [1.82, 2.24) is 15.3 Å². The van der Waals surface area contributed by atoms with Crippen LogP contribution in [-0.4, -0.2) is 29.1 Å². The van der Waals surface area contributed by atoms with Gasteiger partial charge in [0.15, 0.2) is 11.5 Å². The molecule has 0 bridgehead atoms. The van der Waals surface area contributed by atoms with E-state index in [1.165, 1.54) is 0 Å². The Morgan fingerprint density at radius 2 is 2.00 bits per heavy atom. The van der Waals surface area contributed by atoms with Crippen LogP contribution in [0.3, 0.4) is 0 Å². The first kappa shape index (κ1) is 15.7. The van der Waals surface area contributed by atoms with E-state index in [0.717, 1.165) is 10.0 Å². The van der Waals surface area contributed by atoms with Gasteiger partial charge in [-0.2, -0.15) is 0 Å². The molecule has 0 radical (unpaired) electrons. The van der Waals surface area contributed by atoms with E-state index >= 15 is 0 Å². The molecule has 0 aliphatic carbocycles. The first-order valence-electron chi connectivity index (χ1n) is 7.24. The fraction of sp³-hybridized carbons (Fsp3) is 0.312. The molecule has 1 aromatic heterocycles. The lowest BCUT2D eigenvalue weighted by molar-refractivity contribution is 0.0934. The molecule has 0 spiro atoms. The molecule has 7 heteroatoms. The van der Waals surface area contributed by atoms with Crippen molar-refractivity contribution in [3.05, 3.63) is 46.0 Å². The molecule has 0 fully saturated rings. The van der Waals surface area contributed by atoms with Crippen LogP contribution >= 0.6 is 15.9 Å². The second kappa shape index (κ2) is 6.54. The van der Waals surface area contributed by atoms with Crippen molar-refractivity contribution in [2.24, 2.45) is 0 Å². The van der Waals surface area contributed by atoms with Gasteiger partial charge in [-0.05, 0) is 37.6 Å². The number of fused-ring (bicyclic) bond motifs is 1. The number of benzene rings is 1. The molecule has 0 saturated heterocycles. The molecule has 0 unspecified atom stereocenters. The number of aryl methyl sites for hydroxylation is 1. The Morgan fingerprint density at radius 1 is 1.30 bits per heavy atom. The van der Waals surface area contributed by atoms with E-state index in [-0.39, 0.29) is 11.9 Å². The summed E-state index contributed by atoms with van der Waals surface area (Å²) in [6.07, 6.45) is 1.57. The fourth-order valence-corrected chi connectivity index (χ4v) is 3.01. The number of hydrogen-bond acceptors (Lipinski definition) is 5. The Balaban J connectivity index is 1.80. The van der Waals surface area contributed by atoms with Crippen molar-refractivity contribution < 1.29 is 14.3 Å². The van der Waals surface area contributed by atoms with Gasteiger partial charge in [0.2, 0.25) is 0 Å². The van der Waals surface area contributed by atoms with Gasteiger partial charge in [-0.15, -0.1) is 0 Å². The van der Waals surface area contributed by atoms with Gasteiger partial charge in [-0.1, -0.05) is 15.9 Å². The van der Waals surface area contributed by atoms with Crippen molar-refractivity contribution >= 4 is 21.8 Å². The van der Waals surface area contributed by atoms with Gasteiger partial charge in [0.1, 0.15) is 24.7 Å². The van der Waals surface area contributed by atoms with Crippen molar-refractivity contribution in [1.29, 1.82) is 0 Å². The second-order valence-electron chi connectivity index (χ2n) is 5.20. The number of hydrogen-bond donors (Lipinski definition) is 1. The van der Waals surface area contributed by atoms with Crippen LogP contribution in [0.2, 0.25) is 0 Å². The topological polar surface area (TPSA) is 73.3 Å². The number of halogens is 1. The standard InChI is InChI=1S/C16H16BrN3O3/c1-9(19-16(21)13-3-4-18-10(2)20-13)11-7-14-15(8-12(11)17)23-6-5-22-14/h3-4,7-9H,5-6H2,1-2H3,(H,19,21)/t9-/m0/s1. The molecule has 1 aromatic carbocycles. The molecule has 3 rings (SSSR count). The van der Waals surface area contributed by atoms with E-state index in [4.69, 9.17) is 9.47 Å². The molecular weight excluding hydrogens is 362 g/mol. The van der Waals surface area contributed by atoms with E-state index in [1.54, 1.807) is 19.2 Å². The highest BCUT2D eigenvalue weighted by molar-refractivity contribution is 9.10. The normalized spacial score (nSPS) is 14.2. The Morgan fingerprint density at radius 3 is 2.70 bits per heavy atom. The monoisotopic (exact) mass is 377 g/mol. The summed E-state index contributed by atoms with van der Waals surface area (Å²) in [7, 11) is 0. The summed E-state index contributed by atoms with van der Waals surface area (Å²) in [6.45, 7) is 4.72. The molecule has 1 N–H and O–H groups in total. The largest absolute Gasteiger partial charge is 0.486 e. The average Bonchev–Trinajstić information content (AvgIpc) is 2.54. The van der Waals surface area contributed by atoms with E-state index in [0.29, 0.717) is 36.2 Å². The van der Waals surface area contributed by atoms with Crippen LogP contribution in [0, 0.1) is 6.92 Å². The Hall–Kier alpha value is -2.15. The predicted molar refractivity (Wildman–Crippen MR) is 87.8 cm³/mol. The molecule has 0 saturated carbocycles. The Bertz CT molecular complexity index is 751. The van der Waals surface area contributed by atoms with E-state index in [1.807, 2.05) is 19.1 Å². The third-order valence-electron chi connectivity index (χ3n) is 3.48. The van der Waals surface area contributed by atoms with Gasteiger partial charge in [-0.25, -0.2) is 9.97 Å². The first-order chi connectivity index (χ1) is 11.0. The quantitative estimate of drug-likeness (QED) is 0.889. The molecular formula is C16H16BrN3O3. The number of nitrogens with one attached hydrogen (secondary N) is 1. The molecule has 23 heavy (non-hydrogen) atoms. The third kappa shape index (κ3) is 3.44. The van der Waals surface area contributed by atoms with Gasteiger partial charge in [0, 0.05) is 10.7 Å². The van der Waals surface area contributed by atoms with Crippen molar-refractivity contribution in [3.63, 3.8) is 0 Å². The number of rotatable bonds is 3. The van der Waals surface area contributed by atoms with Gasteiger partial charge in [-0.3, -0.25) is 4.79 Å². The van der Waals surface area contributed by atoms with Crippen molar-refractivity contribution in [2.75, 3.05) is 13.2 Å². The number of carbonyl (C=O) groups is 1. The van der Waals surface area contributed by atoms with Gasteiger partial charge in [0.25, 0.3) is 5.91 Å². The average molecular weight is 378 g/mol. The summed E-state index contributed by atoms with van der Waals surface area (Å²) >= 11 is 3.52. The molecule has 1 aliphatic heterocycles. The maximum absolute atomic E-state index is 12.3. The Labute approximate surface area is 142 Å². The minimum absolute atomic E-state index is 0.219. The lowest BCUT2D eigenvalue weighted by atomic mass is 10.1. The maximum atomic E-state index is 12.3. The summed E-state index contributed by atoms with van der Waals surface area (Å²) < 4.78 is 12.0. The SMILES string of the molecule is Cc1nccc(C(=O)N[C@@H](C)c2cc3c(cc2Br)OCCO3)n1. The number of carbonyl (C=O) groups excluding carboxylic acids is 1. The minimum Gasteiger partial charge on any atom is -0.486 e. The molecule has 1 aliphatic rings. The zero-order chi connectivity index (χ0) is 16.4. The van der Waals surface area contributed by atoms with Gasteiger partial charge in [0.05, 0.1) is 6.04 Å². The minimum atomic E-state index is -0.246. The van der Waals surface area contributed by atoms with Gasteiger partial charge >= 0.3 is 0 Å². The summed E-state index contributed by atoms with van der Waals surface area (Å²) in [6, 6.07) is 5.12. The van der Waals surface area contributed by atoms with Crippen LogP contribution in [0.5, 0.6) is 11.5 Å².